The van der Waals surface area contributed by atoms with Crippen molar-refractivity contribution in [2.45, 2.75) is 37.6 Å². The van der Waals surface area contributed by atoms with Gasteiger partial charge < -0.3 is 0 Å². The van der Waals surface area contributed by atoms with Gasteiger partial charge in [-0.25, -0.2) is 0 Å². The molecule has 1 aromatic heterocycles. The van der Waals surface area contributed by atoms with E-state index in [1.54, 1.807) is 0 Å². The summed E-state index contributed by atoms with van der Waals surface area (Å²) in [4.78, 5) is 2.69. The molecule has 1 N–H and O–H groups in total. The van der Waals surface area contributed by atoms with E-state index in [0.29, 0.717) is 12.0 Å². The second kappa shape index (κ2) is 7.76. The number of aromatic nitrogens is 2. The van der Waals surface area contributed by atoms with E-state index in [1.807, 2.05) is 0 Å². The summed E-state index contributed by atoms with van der Waals surface area (Å²) in [6, 6.07) is 20.3. The molecule has 2 aliphatic rings. The summed E-state index contributed by atoms with van der Waals surface area (Å²) >= 11 is 0. The monoisotopic (exact) mass is 369 g/mol. The molecule has 3 heteroatoms. The molecule has 0 bridgehead atoms. The number of H-pyrrole nitrogens is 1. The van der Waals surface area contributed by atoms with Crippen molar-refractivity contribution in [3.63, 3.8) is 0 Å². The summed E-state index contributed by atoms with van der Waals surface area (Å²) in [6.07, 6.45) is 11.3. The molecule has 0 saturated heterocycles. The van der Waals surface area contributed by atoms with Gasteiger partial charge in [-0.05, 0) is 36.8 Å². The number of hydrogen-bond donors (Lipinski definition) is 1. The Morgan fingerprint density at radius 2 is 1.89 bits per heavy atom. The Kier molecular flexibility index (Phi) is 4.84. The number of nitrogens with zero attached hydrogens (tertiary/aromatic N) is 2. The molecular weight excluding hydrogens is 342 g/mol. The molecule has 0 saturated carbocycles. The molecule has 2 atom stereocenters. The maximum Gasteiger partial charge on any atom is 0.0688 e. The average molecular weight is 370 g/mol. The standard InChI is InChI=1S/C25H27N3/c1-3-9-19(10-4-1)13-14-24(28-15-7-2-8-16-28)22-17-20-11-5-6-12-21(20)25-23(22)18-26-27-25/h1-7,9-12,18,22,24H,8,13-17H2,(H,26,27). The molecule has 1 aliphatic heterocycles. The van der Waals surface area contributed by atoms with Crippen LogP contribution in [0, 0.1) is 0 Å². The lowest BCUT2D eigenvalue weighted by atomic mass is 9.76. The van der Waals surface area contributed by atoms with Crippen molar-refractivity contribution >= 4 is 0 Å². The molecule has 5 rings (SSSR count). The van der Waals surface area contributed by atoms with Gasteiger partial charge in [-0.2, -0.15) is 5.10 Å². The number of rotatable bonds is 5. The number of nitrogens with one attached hydrogen (secondary N) is 1. The van der Waals surface area contributed by atoms with Gasteiger partial charge in [-0.15, -0.1) is 0 Å². The maximum absolute atomic E-state index is 4.44. The third kappa shape index (κ3) is 3.31. The molecule has 3 nitrogen and oxygen atoms in total. The first-order valence-electron chi connectivity index (χ1n) is 10.4. The number of aromatic amines is 1. The fraction of sp³-hybridized carbons (Fsp3) is 0.320. The predicted octanol–water partition coefficient (Wildman–Crippen LogP) is 4.98. The van der Waals surface area contributed by atoms with Crippen LogP contribution in [0.2, 0.25) is 0 Å². The molecule has 0 fully saturated rings. The second-order valence-electron chi connectivity index (χ2n) is 8.01. The molecule has 28 heavy (non-hydrogen) atoms. The van der Waals surface area contributed by atoms with E-state index in [2.05, 4.69) is 88.0 Å². The molecule has 2 unspecified atom stereocenters. The Morgan fingerprint density at radius 1 is 1.04 bits per heavy atom. The topological polar surface area (TPSA) is 31.9 Å². The van der Waals surface area contributed by atoms with Crippen molar-refractivity contribution in [3.05, 3.63) is 89.6 Å². The van der Waals surface area contributed by atoms with Crippen molar-refractivity contribution in [3.8, 4) is 11.3 Å². The maximum atomic E-state index is 4.44. The van der Waals surface area contributed by atoms with Crippen LogP contribution < -0.4 is 0 Å². The average Bonchev–Trinajstić information content (AvgIpc) is 3.26. The van der Waals surface area contributed by atoms with Gasteiger partial charge in [-0.1, -0.05) is 66.7 Å². The van der Waals surface area contributed by atoms with Gasteiger partial charge in [0.2, 0.25) is 0 Å². The minimum absolute atomic E-state index is 0.485. The first-order valence-corrected chi connectivity index (χ1v) is 10.4. The van der Waals surface area contributed by atoms with E-state index in [0.717, 1.165) is 32.4 Å². The normalized spacial score (nSPS) is 19.8. The lowest BCUT2D eigenvalue weighted by Gasteiger charge is -2.40. The summed E-state index contributed by atoms with van der Waals surface area (Å²) in [5, 5.41) is 7.73. The van der Waals surface area contributed by atoms with Gasteiger partial charge in [0.25, 0.3) is 0 Å². The molecule has 142 valence electrons. The SMILES string of the molecule is C1=CCN(C(CCc2ccccc2)C2Cc3ccccc3-c3[nH]ncc32)CC1. The Hall–Kier alpha value is -2.65. The fourth-order valence-electron chi connectivity index (χ4n) is 4.98. The zero-order valence-corrected chi connectivity index (χ0v) is 16.2. The van der Waals surface area contributed by atoms with Crippen molar-refractivity contribution in [2.24, 2.45) is 0 Å². The highest BCUT2D eigenvalue weighted by molar-refractivity contribution is 5.70. The molecule has 3 aromatic rings. The van der Waals surface area contributed by atoms with E-state index >= 15 is 0 Å². The lowest BCUT2D eigenvalue weighted by Crippen LogP contribution is -2.43. The number of aryl methyl sites for hydroxylation is 1. The van der Waals surface area contributed by atoms with Gasteiger partial charge >= 0.3 is 0 Å². The third-order valence-electron chi connectivity index (χ3n) is 6.39. The van der Waals surface area contributed by atoms with Crippen LogP contribution in [-0.2, 0) is 12.8 Å². The Balaban J connectivity index is 1.48. The Labute approximate surface area is 167 Å². The predicted molar refractivity (Wildman–Crippen MR) is 114 cm³/mol. The molecule has 0 radical (unpaired) electrons. The zero-order valence-electron chi connectivity index (χ0n) is 16.2. The molecule has 1 aliphatic carbocycles. The molecule has 2 heterocycles. The van der Waals surface area contributed by atoms with Gasteiger partial charge in [0.05, 0.1) is 11.9 Å². The minimum Gasteiger partial charge on any atom is -0.296 e. The van der Waals surface area contributed by atoms with Crippen LogP contribution in [0.4, 0.5) is 0 Å². The number of fused-ring (bicyclic) bond motifs is 3. The van der Waals surface area contributed by atoms with Crippen LogP contribution >= 0.6 is 0 Å². The van der Waals surface area contributed by atoms with Crippen LogP contribution in [0.1, 0.15) is 35.4 Å². The first-order chi connectivity index (χ1) is 13.9. The highest BCUT2D eigenvalue weighted by Gasteiger charge is 2.34. The van der Waals surface area contributed by atoms with E-state index in [9.17, 15) is 0 Å². The van der Waals surface area contributed by atoms with Crippen LogP contribution in [-0.4, -0.2) is 34.2 Å². The largest absolute Gasteiger partial charge is 0.296 e. The minimum atomic E-state index is 0.485. The van der Waals surface area contributed by atoms with Crippen LogP contribution in [0.25, 0.3) is 11.3 Å². The summed E-state index contributed by atoms with van der Waals surface area (Å²) in [5.74, 6) is 0.485. The van der Waals surface area contributed by atoms with Crippen molar-refractivity contribution in [2.75, 3.05) is 13.1 Å². The smallest absolute Gasteiger partial charge is 0.0688 e. The Bertz CT molecular complexity index is 957. The van der Waals surface area contributed by atoms with E-state index in [-0.39, 0.29) is 0 Å². The van der Waals surface area contributed by atoms with Crippen molar-refractivity contribution in [1.29, 1.82) is 0 Å². The van der Waals surface area contributed by atoms with E-state index in [1.165, 1.54) is 34.4 Å². The summed E-state index contributed by atoms with van der Waals surface area (Å²) in [7, 11) is 0. The fourth-order valence-corrected chi connectivity index (χ4v) is 4.98. The molecule has 2 aromatic carbocycles. The summed E-state index contributed by atoms with van der Waals surface area (Å²) in [6.45, 7) is 2.21. The lowest BCUT2D eigenvalue weighted by molar-refractivity contribution is 0.173. The van der Waals surface area contributed by atoms with Gasteiger partial charge in [-0.3, -0.25) is 10.00 Å². The third-order valence-corrected chi connectivity index (χ3v) is 6.39. The second-order valence-corrected chi connectivity index (χ2v) is 8.01. The first kappa shape index (κ1) is 17.4. The highest BCUT2D eigenvalue weighted by atomic mass is 15.2. The van der Waals surface area contributed by atoms with Crippen LogP contribution in [0.5, 0.6) is 0 Å². The van der Waals surface area contributed by atoms with Crippen LogP contribution in [0.3, 0.4) is 0 Å². The van der Waals surface area contributed by atoms with Crippen LogP contribution in [0.15, 0.2) is 72.9 Å². The van der Waals surface area contributed by atoms with Crippen molar-refractivity contribution in [1.82, 2.24) is 15.1 Å². The van der Waals surface area contributed by atoms with Gasteiger partial charge in [0, 0.05) is 36.2 Å². The van der Waals surface area contributed by atoms with Gasteiger partial charge in [0.15, 0.2) is 0 Å². The highest BCUT2D eigenvalue weighted by Crippen LogP contribution is 2.42. The molecule has 0 amide bonds. The van der Waals surface area contributed by atoms with E-state index in [4.69, 9.17) is 0 Å². The summed E-state index contributed by atoms with van der Waals surface area (Å²) < 4.78 is 0. The van der Waals surface area contributed by atoms with Crippen molar-refractivity contribution < 1.29 is 0 Å². The number of hydrogen-bond acceptors (Lipinski definition) is 2. The number of benzene rings is 2. The van der Waals surface area contributed by atoms with E-state index < -0.39 is 0 Å². The van der Waals surface area contributed by atoms with Gasteiger partial charge in [0.1, 0.15) is 0 Å². The Morgan fingerprint density at radius 3 is 2.75 bits per heavy atom. The zero-order chi connectivity index (χ0) is 18.8. The molecule has 0 spiro atoms. The molecular formula is C25H27N3. The quantitative estimate of drug-likeness (QED) is 0.643. The summed E-state index contributed by atoms with van der Waals surface area (Å²) in [5.41, 5.74) is 6.83.